The number of aromatic nitrogens is 3. The van der Waals surface area contributed by atoms with Crippen molar-refractivity contribution < 1.29 is 8.78 Å². The predicted octanol–water partition coefficient (Wildman–Crippen LogP) is 3.88. The average Bonchev–Trinajstić information content (AvgIpc) is 2.62. The van der Waals surface area contributed by atoms with Gasteiger partial charge in [0.15, 0.2) is 0 Å². The van der Waals surface area contributed by atoms with Crippen LogP contribution in [0.5, 0.6) is 0 Å². The highest BCUT2D eigenvalue weighted by Crippen LogP contribution is 2.22. The van der Waals surface area contributed by atoms with Crippen LogP contribution in [-0.4, -0.2) is 28.5 Å². The second-order valence-corrected chi connectivity index (χ2v) is 5.93. The minimum atomic E-state index is -0.672. The zero-order chi connectivity index (χ0) is 18.5. The molecule has 0 fully saturated rings. The summed E-state index contributed by atoms with van der Waals surface area (Å²) >= 11 is 0. The number of aryl methyl sites for hydroxylation is 1. The SMILES string of the molecule is Cc1nc(Nc2ccc(F)cc2F)cc(N(C)CCc2ccncc2)n1. The highest BCUT2D eigenvalue weighted by atomic mass is 19.1. The number of anilines is 3. The molecular formula is C19H19F2N5. The van der Waals surface area contributed by atoms with Gasteiger partial charge < -0.3 is 10.2 Å². The molecule has 134 valence electrons. The van der Waals surface area contributed by atoms with E-state index < -0.39 is 11.6 Å². The maximum Gasteiger partial charge on any atom is 0.149 e. The summed E-state index contributed by atoms with van der Waals surface area (Å²) in [6, 6.07) is 9.06. The van der Waals surface area contributed by atoms with Crippen molar-refractivity contribution in [1.29, 1.82) is 0 Å². The van der Waals surface area contributed by atoms with Gasteiger partial charge in [0.1, 0.15) is 29.1 Å². The van der Waals surface area contributed by atoms with Gasteiger partial charge in [-0.15, -0.1) is 0 Å². The Morgan fingerprint density at radius 1 is 1.04 bits per heavy atom. The smallest absolute Gasteiger partial charge is 0.149 e. The number of hydrogen-bond donors (Lipinski definition) is 1. The topological polar surface area (TPSA) is 53.9 Å². The number of nitrogens with one attached hydrogen (secondary N) is 1. The summed E-state index contributed by atoms with van der Waals surface area (Å²) < 4.78 is 26.9. The van der Waals surface area contributed by atoms with Crippen LogP contribution < -0.4 is 10.2 Å². The monoisotopic (exact) mass is 355 g/mol. The van der Waals surface area contributed by atoms with Crippen molar-refractivity contribution in [2.75, 3.05) is 23.8 Å². The van der Waals surface area contributed by atoms with Gasteiger partial charge in [-0.05, 0) is 43.2 Å². The molecule has 1 N–H and O–H groups in total. The highest BCUT2D eigenvalue weighted by Gasteiger charge is 2.10. The van der Waals surface area contributed by atoms with Gasteiger partial charge in [0.05, 0.1) is 5.69 Å². The van der Waals surface area contributed by atoms with Crippen LogP contribution in [0.3, 0.4) is 0 Å². The van der Waals surface area contributed by atoms with Gasteiger partial charge in [-0.3, -0.25) is 4.98 Å². The summed E-state index contributed by atoms with van der Waals surface area (Å²) in [5, 5.41) is 2.88. The number of benzene rings is 1. The van der Waals surface area contributed by atoms with E-state index in [9.17, 15) is 8.78 Å². The molecule has 2 heterocycles. The van der Waals surface area contributed by atoms with Crippen molar-refractivity contribution in [3.8, 4) is 0 Å². The number of hydrogen-bond acceptors (Lipinski definition) is 5. The molecule has 7 heteroatoms. The molecule has 0 aliphatic carbocycles. The first-order chi connectivity index (χ1) is 12.5. The van der Waals surface area contributed by atoms with Gasteiger partial charge >= 0.3 is 0 Å². The summed E-state index contributed by atoms with van der Waals surface area (Å²) in [7, 11) is 1.94. The lowest BCUT2D eigenvalue weighted by atomic mass is 10.2. The molecule has 0 unspecified atom stereocenters. The quantitative estimate of drug-likeness (QED) is 0.727. The van der Waals surface area contributed by atoms with E-state index in [1.807, 2.05) is 24.1 Å². The van der Waals surface area contributed by atoms with Crippen LogP contribution in [0.25, 0.3) is 0 Å². The van der Waals surface area contributed by atoms with Crippen LogP contribution in [0, 0.1) is 18.6 Å². The molecule has 0 aliphatic heterocycles. The van der Waals surface area contributed by atoms with E-state index in [2.05, 4.69) is 20.3 Å². The Kier molecular flexibility index (Phi) is 5.36. The number of pyridine rings is 1. The Hall–Kier alpha value is -3.09. The average molecular weight is 355 g/mol. The molecular weight excluding hydrogens is 336 g/mol. The van der Waals surface area contributed by atoms with Crippen LogP contribution in [0.2, 0.25) is 0 Å². The summed E-state index contributed by atoms with van der Waals surface area (Å²) in [5.41, 5.74) is 1.35. The summed E-state index contributed by atoms with van der Waals surface area (Å²) in [6.45, 7) is 2.53. The van der Waals surface area contributed by atoms with E-state index in [1.165, 1.54) is 17.7 Å². The zero-order valence-electron chi connectivity index (χ0n) is 14.6. The maximum atomic E-state index is 13.8. The maximum absolute atomic E-state index is 13.8. The minimum Gasteiger partial charge on any atom is -0.359 e. The van der Waals surface area contributed by atoms with Crippen LogP contribution in [0.4, 0.5) is 26.1 Å². The molecule has 0 aliphatic rings. The molecule has 0 atom stereocenters. The molecule has 26 heavy (non-hydrogen) atoms. The van der Waals surface area contributed by atoms with E-state index in [4.69, 9.17) is 0 Å². The lowest BCUT2D eigenvalue weighted by Gasteiger charge is -2.19. The molecule has 2 aromatic heterocycles. The molecule has 5 nitrogen and oxygen atoms in total. The second kappa shape index (κ2) is 7.86. The zero-order valence-corrected chi connectivity index (χ0v) is 14.6. The van der Waals surface area contributed by atoms with Crippen molar-refractivity contribution in [1.82, 2.24) is 15.0 Å². The first-order valence-corrected chi connectivity index (χ1v) is 8.19. The van der Waals surface area contributed by atoms with E-state index >= 15 is 0 Å². The predicted molar refractivity (Wildman–Crippen MR) is 97.6 cm³/mol. The lowest BCUT2D eigenvalue weighted by Crippen LogP contribution is -2.22. The lowest BCUT2D eigenvalue weighted by molar-refractivity contribution is 0.586. The molecule has 1 aromatic carbocycles. The number of nitrogens with zero attached hydrogens (tertiary/aromatic N) is 4. The standard InChI is InChI=1S/C19H19F2N5/c1-13-23-18(25-17-4-3-15(20)11-16(17)21)12-19(24-13)26(2)10-7-14-5-8-22-9-6-14/h3-6,8-9,11-12H,7,10H2,1-2H3,(H,23,24,25). The first-order valence-electron chi connectivity index (χ1n) is 8.19. The minimum absolute atomic E-state index is 0.162. The van der Waals surface area contributed by atoms with E-state index in [0.29, 0.717) is 11.6 Å². The normalized spacial score (nSPS) is 10.6. The van der Waals surface area contributed by atoms with Gasteiger partial charge in [0.25, 0.3) is 0 Å². The van der Waals surface area contributed by atoms with E-state index in [1.54, 1.807) is 25.4 Å². The number of halogens is 2. The molecule has 3 aromatic rings. The van der Waals surface area contributed by atoms with Crippen molar-refractivity contribution >= 4 is 17.3 Å². The molecule has 0 bridgehead atoms. The molecule has 0 spiro atoms. The summed E-state index contributed by atoms with van der Waals surface area (Å²) in [5.74, 6) is 0.436. The Morgan fingerprint density at radius 3 is 2.54 bits per heavy atom. The van der Waals surface area contributed by atoms with Gasteiger partial charge in [0.2, 0.25) is 0 Å². The molecule has 0 saturated heterocycles. The van der Waals surface area contributed by atoms with Crippen molar-refractivity contribution in [2.24, 2.45) is 0 Å². The molecule has 3 rings (SSSR count). The third-order valence-corrected chi connectivity index (χ3v) is 3.89. The van der Waals surface area contributed by atoms with Crippen molar-refractivity contribution in [3.63, 3.8) is 0 Å². The third-order valence-electron chi connectivity index (χ3n) is 3.89. The van der Waals surface area contributed by atoms with Crippen LogP contribution in [0.1, 0.15) is 11.4 Å². The Morgan fingerprint density at radius 2 is 1.81 bits per heavy atom. The highest BCUT2D eigenvalue weighted by molar-refractivity contribution is 5.60. The fraction of sp³-hybridized carbons (Fsp3) is 0.211. The first kappa shape index (κ1) is 17.7. The van der Waals surface area contributed by atoms with Gasteiger partial charge in [0, 0.05) is 38.1 Å². The summed E-state index contributed by atoms with van der Waals surface area (Å²) in [6.07, 6.45) is 4.38. The van der Waals surface area contributed by atoms with Gasteiger partial charge in [-0.2, -0.15) is 0 Å². The Balaban J connectivity index is 1.74. The van der Waals surface area contributed by atoms with Gasteiger partial charge in [-0.1, -0.05) is 0 Å². The second-order valence-electron chi connectivity index (χ2n) is 5.93. The molecule has 0 radical (unpaired) electrons. The summed E-state index contributed by atoms with van der Waals surface area (Å²) in [4.78, 5) is 14.7. The molecule has 0 amide bonds. The molecule has 0 saturated carbocycles. The Bertz CT molecular complexity index is 886. The van der Waals surface area contributed by atoms with E-state index in [0.717, 1.165) is 24.8 Å². The third kappa shape index (κ3) is 4.50. The van der Waals surface area contributed by atoms with E-state index in [-0.39, 0.29) is 5.69 Å². The van der Waals surface area contributed by atoms with Crippen LogP contribution in [-0.2, 0) is 6.42 Å². The fourth-order valence-electron chi connectivity index (χ4n) is 2.50. The largest absolute Gasteiger partial charge is 0.359 e. The van der Waals surface area contributed by atoms with Gasteiger partial charge in [-0.25, -0.2) is 18.7 Å². The van der Waals surface area contributed by atoms with Crippen molar-refractivity contribution in [3.05, 3.63) is 71.8 Å². The van der Waals surface area contributed by atoms with Crippen LogP contribution >= 0.6 is 0 Å². The Labute approximate surface area is 150 Å². The van der Waals surface area contributed by atoms with Crippen LogP contribution in [0.15, 0.2) is 48.8 Å². The number of rotatable bonds is 6. The van der Waals surface area contributed by atoms with Crippen molar-refractivity contribution in [2.45, 2.75) is 13.3 Å². The fourth-order valence-corrected chi connectivity index (χ4v) is 2.50. The number of likely N-dealkylation sites (N-methyl/N-ethyl adjacent to an activating group) is 1.